The molecule has 0 saturated heterocycles. The summed E-state index contributed by atoms with van der Waals surface area (Å²) < 4.78 is 10.2. The quantitative estimate of drug-likeness (QED) is 0.431. The number of nitrogens with zero attached hydrogens (tertiary/aromatic N) is 1. The average Bonchev–Trinajstić information content (AvgIpc) is 2.61. The SMILES string of the molecule is CCOC(=O)/C=C/c1ccc(N=Cc2ccc(OCC)cc2)cc1. The van der Waals surface area contributed by atoms with E-state index in [4.69, 9.17) is 9.47 Å². The Morgan fingerprint density at radius 2 is 1.62 bits per heavy atom. The summed E-state index contributed by atoms with van der Waals surface area (Å²) in [5.74, 6) is 0.516. The van der Waals surface area contributed by atoms with Gasteiger partial charge in [-0.15, -0.1) is 0 Å². The molecule has 0 bridgehead atoms. The van der Waals surface area contributed by atoms with Crippen LogP contribution in [0.1, 0.15) is 25.0 Å². The van der Waals surface area contributed by atoms with Crippen LogP contribution in [0.4, 0.5) is 5.69 Å². The molecular weight excluding hydrogens is 302 g/mol. The van der Waals surface area contributed by atoms with Crippen molar-refractivity contribution in [2.45, 2.75) is 13.8 Å². The largest absolute Gasteiger partial charge is 0.494 e. The van der Waals surface area contributed by atoms with Crippen molar-refractivity contribution in [1.29, 1.82) is 0 Å². The van der Waals surface area contributed by atoms with Gasteiger partial charge >= 0.3 is 5.97 Å². The summed E-state index contributed by atoms with van der Waals surface area (Å²) in [6.45, 7) is 4.77. The van der Waals surface area contributed by atoms with Gasteiger partial charge in [-0.3, -0.25) is 4.99 Å². The highest BCUT2D eigenvalue weighted by atomic mass is 16.5. The normalized spacial score (nSPS) is 11.1. The fourth-order valence-electron chi connectivity index (χ4n) is 1.99. The van der Waals surface area contributed by atoms with Crippen LogP contribution in [-0.4, -0.2) is 25.4 Å². The first-order valence-electron chi connectivity index (χ1n) is 7.93. The Labute approximate surface area is 142 Å². The van der Waals surface area contributed by atoms with Crippen LogP contribution in [-0.2, 0) is 9.53 Å². The molecule has 4 nitrogen and oxygen atoms in total. The van der Waals surface area contributed by atoms with Gasteiger partial charge in [0.05, 0.1) is 18.9 Å². The van der Waals surface area contributed by atoms with Gasteiger partial charge in [0.1, 0.15) is 5.75 Å². The predicted octanol–water partition coefficient (Wildman–Crippen LogP) is 4.41. The minimum absolute atomic E-state index is 0.338. The smallest absolute Gasteiger partial charge is 0.330 e. The van der Waals surface area contributed by atoms with Crippen LogP contribution in [0, 0.1) is 0 Å². The Bertz CT molecular complexity index is 701. The number of esters is 1. The molecule has 0 spiro atoms. The van der Waals surface area contributed by atoms with Gasteiger partial charge in [-0.1, -0.05) is 12.1 Å². The topological polar surface area (TPSA) is 47.9 Å². The number of hydrogen-bond acceptors (Lipinski definition) is 4. The summed E-state index contributed by atoms with van der Waals surface area (Å²) in [7, 11) is 0. The predicted molar refractivity (Wildman–Crippen MR) is 97.0 cm³/mol. The van der Waals surface area contributed by atoms with E-state index in [-0.39, 0.29) is 5.97 Å². The van der Waals surface area contributed by atoms with Crippen LogP contribution in [0.3, 0.4) is 0 Å². The van der Waals surface area contributed by atoms with Gasteiger partial charge in [-0.2, -0.15) is 0 Å². The first-order chi connectivity index (χ1) is 11.7. The number of benzene rings is 2. The zero-order valence-electron chi connectivity index (χ0n) is 13.9. The molecule has 0 radical (unpaired) electrons. The van der Waals surface area contributed by atoms with Crippen LogP contribution in [0.5, 0.6) is 5.75 Å². The average molecular weight is 323 g/mol. The van der Waals surface area contributed by atoms with E-state index in [0.717, 1.165) is 22.6 Å². The molecule has 2 aromatic carbocycles. The number of carbonyl (C=O) groups excluding carboxylic acids is 1. The highest BCUT2D eigenvalue weighted by molar-refractivity contribution is 5.87. The third-order valence-corrected chi connectivity index (χ3v) is 3.15. The zero-order valence-corrected chi connectivity index (χ0v) is 13.9. The zero-order chi connectivity index (χ0) is 17.2. The minimum Gasteiger partial charge on any atom is -0.494 e. The lowest BCUT2D eigenvalue weighted by atomic mass is 10.2. The van der Waals surface area contributed by atoms with Crippen LogP contribution in [0.2, 0.25) is 0 Å². The van der Waals surface area contributed by atoms with Crippen LogP contribution in [0.15, 0.2) is 59.6 Å². The van der Waals surface area contributed by atoms with Gasteiger partial charge in [0, 0.05) is 12.3 Å². The van der Waals surface area contributed by atoms with Crippen LogP contribution in [0.25, 0.3) is 6.08 Å². The summed E-state index contributed by atoms with van der Waals surface area (Å²) >= 11 is 0. The Morgan fingerprint density at radius 3 is 2.25 bits per heavy atom. The number of ether oxygens (including phenoxy) is 2. The molecule has 0 aliphatic heterocycles. The van der Waals surface area contributed by atoms with E-state index < -0.39 is 0 Å². The first-order valence-corrected chi connectivity index (χ1v) is 7.93. The Morgan fingerprint density at radius 1 is 0.958 bits per heavy atom. The van der Waals surface area contributed by atoms with Gasteiger partial charge in [0.15, 0.2) is 0 Å². The Balaban J connectivity index is 1.96. The second-order valence-electron chi connectivity index (χ2n) is 4.94. The highest BCUT2D eigenvalue weighted by Gasteiger charge is 1.95. The number of hydrogen-bond donors (Lipinski definition) is 0. The number of carbonyl (C=O) groups is 1. The van der Waals surface area contributed by atoms with Crippen molar-refractivity contribution in [3.8, 4) is 5.75 Å². The van der Waals surface area contributed by atoms with E-state index >= 15 is 0 Å². The fourth-order valence-corrected chi connectivity index (χ4v) is 1.99. The van der Waals surface area contributed by atoms with Gasteiger partial charge in [-0.05, 0) is 67.4 Å². The van der Waals surface area contributed by atoms with Crippen molar-refractivity contribution < 1.29 is 14.3 Å². The molecule has 24 heavy (non-hydrogen) atoms. The van der Waals surface area contributed by atoms with Crippen molar-refractivity contribution in [1.82, 2.24) is 0 Å². The van der Waals surface area contributed by atoms with Crippen molar-refractivity contribution in [2.24, 2.45) is 4.99 Å². The lowest BCUT2D eigenvalue weighted by molar-refractivity contribution is -0.137. The highest BCUT2D eigenvalue weighted by Crippen LogP contribution is 2.15. The summed E-state index contributed by atoms with van der Waals surface area (Å²) in [5.41, 5.74) is 2.77. The third-order valence-electron chi connectivity index (χ3n) is 3.15. The molecule has 2 rings (SSSR count). The molecule has 0 saturated carbocycles. The molecule has 0 aliphatic rings. The lowest BCUT2D eigenvalue weighted by Gasteiger charge is -2.02. The maximum atomic E-state index is 11.3. The maximum Gasteiger partial charge on any atom is 0.330 e. The molecule has 0 unspecified atom stereocenters. The molecular formula is C20H21NO3. The standard InChI is InChI=1S/C20H21NO3/c1-3-23-19-12-7-17(8-13-19)15-21-18-10-5-16(6-11-18)9-14-20(22)24-4-2/h5-15H,3-4H2,1-2H3/b14-9+,21-15?. The lowest BCUT2D eigenvalue weighted by Crippen LogP contribution is -1.98. The van der Waals surface area contributed by atoms with Gasteiger partial charge in [0.25, 0.3) is 0 Å². The molecule has 0 fully saturated rings. The molecule has 2 aromatic rings. The Kier molecular flexibility index (Phi) is 6.77. The van der Waals surface area contributed by atoms with E-state index in [1.807, 2.05) is 55.5 Å². The molecule has 0 aliphatic carbocycles. The minimum atomic E-state index is -0.338. The molecule has 124 valence electrons. The third kappa shape index (κ3) is 5.72. The first kappa shape index (κ1) is 17.5. The molecule has 0 aromatic heterocycles. The molecule has 0 atom stereocenters. The van der Waals surface area contributed by atoms with Crippen molar-refractivity contribution in [3.05, 3.63) is 65.7 Å². The number of rotatable bonds is 7. The molecule has 0 N–H and O–H groups in total. The second kappa shape index (κ2) is 9.30. The van der Waals surface area contributed by atoms with E-state index in [0.29, 0.717) is 13.2 Å². The second-order valence-corrected chi connectivity index (χ2v) is 4.94. The van der Waals surface area contributed by atoms with E-state index in [1.54, 1.807) is 19.2 Å². The van der Waals surface area contributed by atoms with Gasteiger partial charge < -0.3 is 9.47 Å². The molecule has 4 heteroatoms. The summed E-state index contributed by atoms with van der Waals surface area (Å²) in [6, 6.07) is 15.4. The van der Waals surface area contributed by atoms with Gasteiger partial charge in [0.2, 0.25) is 0 Å². The summed E-state index contributed by atoms with van der Waals surface area (Å²) in [4.78, 5) is 15.7. The van der Waals surface area contributed by atoms with Crippen molar-refractivity contribution >= 4 is 23.9 Å². The summed E-state index contributed by atoms with van der Waals surface area (Å²) in [6.07, 6.45) is 4.94. The number of aliphatic imine (C=N–C) groups is 1. The molecule has 0 amide bonds. The van der Waals surface area contributed by atoms with E-state index in [1.165, 1.54) is 6.08 Å². The fraction of sp³-hybridized carbons (Fsp3) is 0.200. The van der Waals surface area contributed by atoms with Crippen molar-refractivity contribution in [3.63, 3.8) is 0 Å². The van der Waals surface area contributed by atoms with Crippen molar-refractivity contribution in [2.75, 3.05) is 13.2 Å². The maximum absolute atomic E-state index is 11.3. The Hall–Kier alpha value is -2.88. The molecule has 0 heterocycles. The van der Waals surface area contributed by atoms with Crippen LogP contribution < -0.4 is 4.74 Å². The summed E-state index contributed by atoms with van der Waals surface area (Å²) in [5, 5.41) is 0. The van der Waals surface area contributed by atoms with E-state index in [9.17, 15) is 4.79 Å². The van der Waals surface area contributed by atoms with E-state index in [2.05, 4.69) is 4.99 Å². The van der Waals surface area contributed by atoms with Gasteiger partial charge in [-0.25, -0.2) is 4.79 Å². The monoisotopic (exact) mass is 323 g/mol. The van der Waals surface area contributed by atoms with Crippen LogP contribution >= 0.6 is 0 Å².